The van der Waals surface area contributed by atoms with Gasteiger partial charge in [0.05, 0.1) is 12.7 Å². The van der Waals surface area contributed by atoms with Gasteiger partial charge < -0.3 is 4.74 Å². The predicted octanol–water partition coefficient (Wildman–Crippen LogP) is 1.90. The van der Waals surface area contributed by atoms with Crippen molar-refractivity contribution < 1.29 is 27.5 Å². The Morgan fingerprint density at radius 2 is 1.96 bits per heavy atom. The number of alkyl halides is 3. The van der Waals surface area contributed by atoms with Crippen molar-refractivity contribution in [3.8, 4) is 5.88 Å². The van der Waals surface area contributed by atoms with Crippen molar-refractivity contribution in [3.63, 3.8) is 0 Å². The van der Waals surface area contributed by atoms with E-state index in [1.807, 2.05) is 0 Å². The van der Waals surface area contributed by atoms with Crippen molar-refractivity contribution in [1.82, 2.24) is 25.4 Å². The van der Waals surface area contributed by atoms with Gasteiger partial charge in [-0.15, -0.1) is 0 Å². The summed E-state index contributed by atoms with van der Waals surface area (Å²) < 4.78 is 41.0. The molecule has 144 valence electrons. The van der Waals surface area contributed by atoms with Gasteiger partial charge in [0, 0.05) is 31.1 Å². The fraction of sp³-hybridized carbons (Fsp3) is 0.312. The first kappa shape index (κ1) is 20.1. The van der Waals surface area contributed by atoms with E-state index in [2.05, 4.69) is 25.1 Å². The Morgan fingerprint density at radius 1 is 1.19 bits per heavy atom. The zero-order valence-corrected chi connectivity index (χ0v) is 14.2. The number of rotatable bonds is 6. The molecule has 2 aromatic rings. The summed E-state index contributed by atoms with van der Waals surface area (Å²) in [5.74, 6) is -1.20. The van der Waals surface area contributed by atoms with Crippen molar-refractivity contribution in [2.24, 2.45) is 0 Å². The molecular weight excluding hydrogens is 367 g/mol. The lowest BCUT2D eigenvalue weighted by atomic mass is 10.2. The molecule has 27 heavy (non-hydrogen) atoms. The highest BCUT2D eigenvalue weighted by Gasteiger charge is 2.28. The lowest BCUT2D eigenvalue weighted by Gasteiger charge is -2.22. The Labute approximate surface area is 152 Å². The Balaban J connectivity index is 2.10. The summed E-state index contributed by atoms with van der Waals surface area (Å²) in [6, 6.07) is 2.68. The quantitative estimate of drug-likeness (QED) is 0.766. The van der Waals surface area contributed by atoms with E-state index in [0.717, 1.165) is 5.01 Å². The van der Waals surface area contributed by atoms with Crippen LogP contribution in [-0.4, -0.2) is 44.6 Å². The van der Waals surface area contributed by atoms with Crippen LogP contribution in [0.2, 0.25) is 0 Å². The Kier molecular flexibility index (Phi) is 6.63. The first-order valence-electron chi connectivity index (χ1n) is 7.80. The van der Waals surface area contributed by atoms with E-state index in [1.165, 1.54) is 36.9 Å². The van der Waals surface area contributed by atoms with Crippen molar-refractivity contribution in [1.29, 1.82) is 0 Å². The average Bonchev–Trinajstić information content (AvgIpc) is 2.66. The van der Waals surface area contributed by atoms with Gasteiger partial charge in [0.25, 0.3) is 5.91 Å². The molecular formula is C16H16F3N5O3. The topological polar surface area (TPSA) is 97.3 Å². The minimum absolute atomic E-state index is 0.0204. The van der Waals surface area contributed by atoms with Crippen molar-refractivity contribution in [3.05, 3.63) is 48.2 Å². The number of hydrazine groups is 1. The number of hydrogen-bond acceptors (Lipinski definition) is 6. The highest BCUT2D eigenvalue weighted by Crippen LogP contribution is 2.17. The van der Waals surface area contributed by atoms with Gasteiger partial charge in [-0.05, 0) is 5.56 Å². The third-order valence-corrected chi connectivity index (χ3v) is 3.13. The number of halogens is 3. The van der Waals surface area contributed by atoms with Gasteiger partial charge in [-0.1, -0.05) is 13.0 Å². The molecule has 0 fully saturated rings. The zero-order valence-electron chi connectivity index (χ0n) is 14.2. The van der Waals surface area contributed by atoms with E-state index in [1.54, 1.807) is 6.92 Å². The third-order valence-electron chi connectivity index (χ3n) is 3.13. The summed E-state index contributed by atoms with van der Waals surface area (Å²) in [6.07, 6.45) is 0.911. The van der Waals surface area contributed by atoms with Gasteiger partial charge in [-0.3, -0.25) is 20.0 Å². The van der Waals surface area contributed by atoms with E-state index >= 15 is 0 Å². The number of amides is 2. The standard InChI is InChI=1S/C16H16F3N5O3/c1-2-13(25)23-24(15(26)12-8-20-5-6-21-12)9-11-3-4-14(22-7-11)27-10-16(17,18)19/h3-8H,2,9-10H2,1H3,(H,23,25). The number of hydrogen-bond donors (Lipinski definition) is 1. The second-order valence-electron chi connectivity index (χ2n) is 5.28. The predicted molar refractivity (Wildman–Crippen MR) is 86.1 cm³/mol. The molecule has 0 aliphatic rings. The third kappa shape index (κ3) is 6.53. The fourth-order valence-electron chi connectivity index (χ4n) is 1.87. The normalized spacial score (nSPS) is 11.0. The summed E-state index contributed by atoms with van der Waals surface area (Å²) in [5.41, 5.74) is 2.92. The number of ether oxygens (including phenoxy) is 1. The van der Waals surface area contributed by atoms with Gasteiger partial charge in [0.2, 0.25) is 11.8 Å². The number of carbonyl (C=O) groups is 2. The number of aromatic nitrogens is 3. The van der Waals surface area contributed by atoms with Crippen LogP contribution in [0.25, 0.3) is 0 Å². The minimum atomic E-state index is -4.47. The van der Waals surface area contributed by atoms with Crippen molar-refractivity contribution in [2.45, 2.75) is 26.1 Å². The molecule has 0 aliphatic carbocycles. The maximum Gasteiger partial charge on any atom is 0.422 e. The average molecular weight is 383 g/mol. The second kappa shape index (κ2) is 8.92. The van der Waals surface area contributed by atoms with Crippen LogP contribution in [0.4, 0.5) is 13.2 Å². The maximum atomic E-state index is 12.5. The van der Waals surface area contributed by atoms with Crippen LogP contribution in [0.5, 0.6) is 5.88 Å². The highest BCUT2D eigenvalue weighted by molar-refractivity contribution is 5.93. The van der Waals surface area contributed by atoms with Crippen LogP contribution in [0, 0.1) is 0 Å². The van der Waals surface area contributed by atoms with Crippen LogP contribution in [0.15, 0.2) is 36.9 Å². The largest absolute Gasteiger partial charge is 0.468 e. The van der Waals surface area contributed by atoms with Crippen molar-refractivity contribution >= 4 is 11.8 Å². The van der Waals surface area contributed by atoms with Crippen LogP contribution in [0.3, 0.4) is 0 Å². The summed E-state index contributed by atoms with van der Waals surface area (Å²) in [5, 5.41) is 1.03. The number of nitrogens with zero attached hydrogens (tertiary/aromatic N) is 4. The molecule has 2 amide bonds. The summed E-state index contributed by atoms with van der Waals surface area (Å²) in [7, 11) is 0. The van der Waals surface area contributed by atoms with Gasteiger partial charge in [0.15, 0.2) is 6.61 Å². The molecule has 0 spiro atoms. The molecule has 0 saturated heterocycles. The van der Waals surface area contributed by atoms with Crippen LogP contribution < -0.4 is 10.2 Å². The minimum Gasteiger partial charge on any atom is -0.468 e. The van der Waals surface area contributed by atoms with E-state index < -0.39 is 24.6 Å². The van der Waals surface area contributed by atoms with Crippen LogP contribution in [-0.2, 0) is 11.3 Å². The molecule has 1 N–H and O–H groups in total. The molecule has 11 heteroatoms. The highest BCUT2D eigenvalue weighted by atomic mass is 19.4. The molecule has 0 radical (unpaired) electrons. The summed E-state index contributed by atoms with van der Waals surface area (Å²) >= 11 is 0. The van der Waals surface area contributed by atoms with Gasteiger partial charge in [-0.25, -0.2) is 15.0 Å². The molecule has 0 bridgehead atoms. The number of pyridine rings is 1. The Hall–Kier alpha value is -3.24. The van der Waals surface area contributed by atoms with Gasteiger partial charge >= 0.3 is 6.18 Å². The monoisotopic (exact) mass is 383 g/mol. The maximum absolute atomic E-state index is 12.5. The van der Waals surface area contributed by atoms with Gasteiger partial charge in [0.1, 0.15) is 5.69 Å². The number of nitrogens with one attached hydrogen (secondary N) is 1. The summed E-state index contributed by atoms with van der Waals surface area (Å²) in [4.78, 5) is 35.7. The Bertz CT molecular complexity index is 769. The van der Waals surface area contributed by atoms with Crippen LogP contribution in [0.1, 0.15) is 29.4 Å². The smallest absolute Gasteiger partial charge is 0.422 e. The molecule has 2 aromatic heterocycles. The molecule has 8 nitrogen and oxygen atoms in total. The molecule has 0 aliphatic heterocycles. The first-order valence-corrected chi connectivity index (χ1v) is 7.80. The molecule has 0 saturated carbocycles. The first-order chi connectivity index (χ1) is 12.8. The molecule has 0 unspecified atom stereocenters. The molecule has 0 aromatic carbocycles. The van der Waals surface area contributed by atoms with E-state index in [-0.39, 0.29) is 24.5 Å². The molecule has 2 rings (SSSR count). The van der Waals surface area contributed by atoms with E-state index in [0.29, 0.717) is 5.56 Å². The SMILES string of the molecule is CCC(=O)NN(Cc1ccc(OCC(F)(F)F)nc1)C(=O)c1cnccn1. The lowest BCUT2D eigenvalue weighted by Crippen LogP contribution is -2.45. The van der Waals surface area contributed by atoms with Crippen LogP contribution >= 0.6 is 0 Å². The molecule has 0 atom stereocenters. The van der Waals surface area contributed by atoms with Crippen molar-refractivity contribution in [2.75, 3.05) is 6.61 Å². The second-order valence-corrected chi connectivity index (χ2v) is 5.28. The van der Waals surface area contributed by atoms with Gasteiger partial charge in [-0.2, -0.15) is 13.2 Å². The van der Waals surface area contributed by atoms with E-state index in [9.17, 15) is 22.8 Å². The lowest BCUT2D eigenvalue weighted by molar-refractivity contribution is -0.154. The zero-order chi connectivity index (χ0) is 19.9. The molecule has 2 heterocycles. The fourth-order valence-corrected chi connectivity index (χ4v) is 1.87. The Morgan fingerprint density at radius 3 is 2.52 bits per heavy atom. The number of carbonyl (C=O) groups excluding carboxylic acids is 2. The summed E-state index contributed by atoms with van der Waals surface area (Å²) in [6.45, 7) is 0.0888. The van der Waals surface area contributed by atoms with E-state index in [4.69, 9.17) is 0 Å².